The zero-order valence-corrected chi connectivity index (χ0v) is 36.7. The zero-order chi connectivity index (χ0) is 39.6. The molecule has 0 bridgehead atoms. The number of nitro groups is 1. The van der Waals surface area contributed by atoms with Crippen LogP contribution in [0.5, 0.6) is 5.75 Å². The Morgan fingerprint density at radius 3 is 1.98 bits per heavy atom. The average molecular weight is 849 g/mol. The van der Waals surface area contributed by atoms with E-state index in [1.165, 1.54) is 84.9 Å². The van der Waals surface area contributed by atoms with Gasteiger partial charge in [-0.3, -0.25) is 10.1 Å². The predicted octanol–water partition coefficient (Wildman–Crippen LogP) is 1.34. The van der Waals surface area contributed by atoms with E-state index in [0.29, 0.717) is 17.4 Å². The Morgan fingerprint density at radius 1 is 0.754 bits per heavy atom. The van der Waals surface area contributed by atoms with Gasteiger partial charge in [0.05, 0.1) is 32.6 Å². The molecule has 0 amide bonds. The summed E-state index contributed by atoms with van der Waals surface area (Å²) in [6.45, 7) is 1.81. The zero-order valence-electron chi connectivity index (χ0n) is 30.2. The molecule has 1 aliphatic rings. The molecular formula is C35H26N6Na2O11S3. The Hall–Kier alpha value is -4.19. The van der Waals surface area contributed by atoms with Crippen LogP contribution < -0.4 is 68.6 Å². The van der Waals surface area contributed by atoms with Gasteiger partial charge in [-0.05, 0) is 73.7 Å². The van der Waals surface area contributed by atoms with Crippen molar-refractivity contribution in [3.05, 3.63) is 148 Å². The van der Waals surface area contributed by atoms with Crippen molar-refractivity contribution in [3.63, 3.8) is 0 Å². The Kier molecular flexibility index (Phi) is 14.5. The van der Waals surface area contributed by atoms with E-state index in [-0.39, 0.29) is 98.0 Å². The number of anilines is 2. The number of aryl methyl sites for hydroxylation is 1. The minimum atomic E-state index is -5.21. The molecule has 6 rings (SSSR count). The number of benzene rings is 5. The van der Waals surface area contributed by atoms with Crippen molar-refractivity contribution in [1.82, 2.24) is 0 Å². The first-order chi connectivity index (χ1) is 25.9. The maximum absolute atomic E-state index is 12.9. The molecule has 0 fully saturated rings. The number of rotatable bonds is 12. The monoisotopic (exact) mass is 848 g/mol. The molecule has 5 aromatic rings. The van der Waals surface area contributed by atoms with Crippen molar-refractivity contribution < 1.29 is 103 Å². The van der Waals surface area contributed by atoms with E-state index in [1.807, 2.05) is 6.92 Å². The molecule has 1 N–H and O–H groups in total. The van der Waals surface area contributed by atoms with Gasteiger partial charge < -0.3 is 18.6 Å². The summed E-state index contributed by atoms with van der Waals surface area (Å²) in [6.07, 6.45) is 0.926. The molecule has 1 atom stereocenters. The molecule has 0 spiro atoms. The number of azo groups is 2. The van der Waals surface area contributed by atoms with Gasteiger partial charge in [-0.25, -0.2) is 16.8 Å². The van der Waals surface area contributed by atoms with E-state index >= 15 is 0 Å². The quantitative estimate of drug-likeness (QED) is 0.0466. The van der Waals surface area contributed by atoms with Crippen LogP contribution in [0.25, 0.3) is 5.70 Å². The van der Waals surface area contributed by atoms with Crippen molar-refractivity contribution in [2.75, 3.05) is 5.32 Å². The van der Waals surface area contributed by atoms with Crippen LogP contribution in [0, 0.1) is 17.0 Å². The topological polar surface area (TPSA) is 262 Å². The predicted molar refractivity (Wildman–Crippen MR) is 196 cm³/mol. The second-order valence-electron chi connectivity index (χ2n) is 11.9. The Morgan fingerprint density at radius 2 is 1.37 bits per heavy atom. The molecule has 0 radical (unpaired) electrons. The molecular weight excluding hydrogens is 823 g/mol. The van der Waals surface area contributed by atoms with E-state index < -0.39 is 57.2 Å². The Labute approximate surface area is 371 Å². The second-order valence-corrected chi connectivity index (χ2v) is 16.4. The van der Waals surface area contributed by atoms with Crippen LogP contribution in [0.3, 0.4) is 0 Å². The number of hydrogen-bond donors (Lipinski definition) is 1. The van der Waals surface area contributed by atoms with Crippen molar-refractivity contribution in [2.24, 2.45) is 20.5 Å². The van der Waals surface area contributed by atoms with Gasteiger partial charge in [-0.15, -0.1) is 0 Å². The molecule has 0 saturated heterocycles. The summed E-state index contributed by atoms with van der Waals surface area (Å²) < 4.78 is 104. The molecule has 0 saturated carbocycles. The van der Waals surface area contributed by atoms with Gasteiger partial charge in [0, 0.05) is 35.4 Å². The third kappa shape index (κ3) is 10.5. The molecule has 282 valence electrons. The van der Waals surface area contributed by atoms with E-state index in [4.69, 9.17) is 4.18 Å². The minimum absolute atomic E-state index is 0. The maximum atomic E-state index is 12.9. The van der Waals surface area contributed by atoms with Crippen LogP contribution in [0.4, 0.5) is 28.4 Å². The van der Waals surface area contributed by atoms with Crippen LogP contribution in [0.2, 0.25) is 0 Å². The smallest absolute Gasteiger partial charge is 0.746 e. The van der Waals surface area contributed by atoms with Crippen LogP contribution >= 0.6 is 0 Å². The summed E-state index contributed by atoms with van der Waals surface area (Å²) >= 11 is 0. The number of nitrogens with one attached hydrogen (secondary N) is 1. The van der Waals surface area contributed by atoms with E-state index in [9.17, 15) is 44.5 Å². The van der Waals surface area contributed by atoms with Crippen LogP contribution in [-0.4, -0.2) is 39.3 Å². The summed E-state index contributed by atoms with van der Waals surface area (Å²) in [6, 6.07) is 26.2. The molecule has 1 unspecified atom stereocenters. The van der Waals surface area contributed by atoms with Crippen molar-refractivity contribution in [3.8, 4) is 5.75 Å². The largest absolute Gasteiger partial charge is 1.00 e. The van der Waals surface area contributed by atoms with Gasteiger partial charge in [-0.1, -0.05) is 48.0 Å². The third-order valence-electron chi connectivity index (χ3n) is 8.15. The number of nitrogens with zero attached hydrogens (tertiary/aromatic N) is 5. The fourth-order valence-electron chi connectivity index (χ4n) is 5.38. The first-order valence-electron chi connectivity index (χ1n) is 15.8. The van der Waals surface area contributed by atoms with Crippen molar-refractivity contribution in [2.45, 2.75) is 28.0 Å². The fourth-order valence-corrected chi connectivity index (χ4v) is 7.84. The van der Waals surface area contributed by atoms with Gasteiger partial charge in [0.25, 0.3) is 5.69 Å². The summed E-state index contributed by atoms with van der Waals surface area (Å²) in [5.74, 6) is -0.0362. The number of nitro benzene ring substituents is 1. The van der Waals surface area contributed by atoms with E-state index in [2.05, 4.69) is 25.8 Å². The van der Waals surface area contributed by atoms with Crippen LogP contribution in [0.1, 0.15) is 23.1 Å². The molecule has 0 aromatic heterocycles. The van der Waals surface area contributed by atoms with Crippen molar-refractivity contribution in [1.29, 1.82) is 0 Å². The van der Waals surface area contributed by atoms with Crippen molar-refractivity contribution >= 4 is 64.5 Å². The summed E-state index contributed by atoms with van der Waals surface area (Å²) in [4.78, 5) is 7.01. The normalized spacial score (nSPS) is 15.5. The minimum Gasteiger partial charge on any atom is -0.746 e. The summed E-state index contributed by atoms with van der Waals surface area (Å²) in [7, 11) is -14.4. The van der Waals surface area contributed by atoms with Crippen LogP contribution in [-0.2, 0) is 35.2 Å². The number of non-ortho nitro benzene ring substituents is 1. The fraction of sp³-hybridized carbons (Fsp3) is 0.0857. The summed E-state index contributed by atoms with van der Waals surface area (Å²) in [5, 5.41) is 30.3. The van der Waals surface area contributed by atoms with Gasteiger partial charge >= 0.3 is 69.2 Å². The maximum Gasteiger partial charge on any atom is 1.00 e. The molecule has 5 aromatic carbocycles. The summed E-state index contributed by atoms with van der Waals surface area (Å²) in [5.41, 5.74) is 1.29. The number of hydrogen-bond acceptors (Lipinski definition) is 16. The molecule has 57 heavy (non-hydrogen) atoms. The van der Waals surface area contributed by atoms with Crippen LogP contribution in [0.15, 0.2) is 152 Å². The Bertz CT molecular complexity index is 2730. The van der Waals surface area contributed by atoms with E-state index in [0.717, 1.165) is 17.7 Å². The molecule has 0 aliphatic heterocycles. The number of fused-ring (bicyclic) bond motifs is 1. The van der Waals surface area contributed by atoms with E-state index in [1.54, 1.807) is 18.2 Å². The molecule has 1 aliphatic carbocycles. The average Bonchev–Trinajstić information content (AvgIpc) is 3.13. The first kappa shape index (κ1) is 45.5. The van der Waals surface area contributed by atoms with Gasteiger partial charge in [-0.2, -0.15) is 28.9 Å². The third-order valence-corrected chi connectivity index (χ3v) is 11.6. The van der Waals surface area contributed by atoms with Gasteiger partial charge in [0.2, 0.25) is 0 Å². The second kappa shape index (κ2) is 18.2. The molecule has 17 nitrogen and oxygen atoms in total. The standard InChI is InChI=1S/C35H28N6O11S3.2Na/c1-23-6-17-29(18-7-23)54(47,48)52-28-15-12-26(13-16-28)38-40-35(55(49,50)51)21-20-32(30-4-2-3-5-31(30)35)39-37-25-10-8-24(9-11-25)36-33-19-14-27(41(42)43)22-34(33)53(44,45)46;;/h2-20,22,36H,21H2,1H3,(H,44,45,46)(H,49,50,51);;/q;2*+1/p-2. The molecule has 22 heteroatoms. The van der Waals surface area contributed by atoms with Gasteiger partial charge in [0.1, 0.15) is 30.9 Å². The molecule has 0 heterocycles. The first-order valence-corrected chi connectivity index (χ1v) is 20.0. The Balaban J connectivity index is 0.00000360. The van der Waals surface area contributed by atoms with Gasteiger partial charge in [0.15, 0.2) is 4.87 Å². The SMILES string of the molecule is Cc1ccc(S(=O)(=O)Oc2ccc(N=NC3(S(=O)(=O)[O-])CC=C(N=Nc4ccc(Nc5ccc([N+](=O)[O-])cc5S(=O)(=O)[O-])cc4)c4ccccc43)cc2)cc1.[Na+].[Na+].